The van der Waals surface area contributed by atoms with Crippen LogP contribution in [0.3, 0.4) is 0 Å². The zero-order valence-corrected chi connectivity index (χ0v) is 24.0. The monoisotopic (exact) mass is 576 g/mol. The van der Waals surface area contributed by atoms with Crippen LogP contribution in [0, 0.1) is 5.92 Å². The number of carbonyl (C=O) groups is 3. The van der Waals surface area contributed by atoms with Gasteiger partial charge >= 0.3 is 11.9 Å². The number of benzene rings is 2. The minimum absolute atomic E-state index is 0.0225. The van der Waals surface area contributed by atoms with E-state index in [1.165, 1.54) is 26.3 Å². The number of rotatable bonds is 10. The summed E-state index contributed by atoms with van der Waals surface area (Å²) in [6.45, 7) is 2.87. The molecule has 1 aromatic heterocycles. The van der Waals surface area contributed by atoms with E-state index in [0.717, 1.165) is 11.1 Å². The van der Waals surface area contributed by atoms with Crippen molar-refractivity contribution >= 4 is 17.8 Å². The normalized spacial score (nSPS) is 20.7. The third-order valence-electron chi connectivity index (χ3n) is 7.07. The predicted octanol–water partition coefficient (Wildman–Crippen LogP) is 3.91. The number of methoxy groups -OCH3 is 1. The Kier molecular flexibility index (Phi) is 10.9. The Hall–Kier alpha value is -4.44. The van der Waals surface area contributed by atoms with E-state index in [2.05, 4.69) is 22.4 Å². The van der Waals surface area contributed by atoms with E-state index in [9.17, 15) is 14.4 Å². The summed E-state index contributed by atoms with van der Waals surface area (Å²) in [5, 5.41) is 2.72. The molecule has 1 fully saturated rings. The Bertz CT molecular complexity index is 1330. The number of nitrogens with zero attached hydrogens (tertiary/aromatic N) is 1. The van der Waals surface area contributed by atoms with E-state index in [1.807, 2.05) is 55.5 Å². The predicted molar refractivity (Wildman–Crippen MR) is 153 cm³/mol. The van der Waals surface area contributed by atoms with Crippen LogP contribution in [0.25, 0.3) is 0 Å². The maximum atomic E-state index is 13.4. The van der Waals surface area contributed by atoms with E-state index in [0.29, 0.717) is 12.8 Å². The zero-order valence-electron chi connectivity index (χ0n) is 24.0. The number of ether oxygens (including phenoxy) is 5. The molecule has 0 bridgehead atoms. The first-order chi connectivity index (χ1) is 20.4. The molecule has 0 radical (unpaired) electrons. The van der Waals surface area contributed by atoms with Crippen LogP contribution >= 0.6 is 0 Å². The second-order valence-electron chi connectivity index (χ2n) is 10.00. The van der Waals surface area contributed by atoms with Gasteiger partial charge in [-0.05, 0) is 30.9 Å². The van der Waals surface area contributed by atoms with E-state index in [1.54, 1.807) is 0 Å². The van der Waals surface area contributed by atoms with Gasteiger partial charge < -0.3 is 29.0 Å². The van der Waals surface area contributed by atoms with Gasteiger partial charge in [0.2, 0.25) is 6.79 Å². The van der Waals surface area contributed by atoms with Crippen molar-refractivity contribution in [3.05, 3.63) is 89.7 Å². The zero-order chi connectivity index (χ0) is 29.9. The Labute approximate surface area is 245 Å². The average Bonchev–Trinajstić information content (AvgIpc) is 3.03. The van der Waals surface area contributed by atoms with Gasteiger partial charge in [-0.15, -0.1) is 0 Å². The molecular weight excluding hydrogens is 540 g/mol. The number of nitrogens with one attached hydrogen (secondary N) is 1. The quantitative estimate of drug-likeness (QED) is 0.283. The second-order valence-corrected chi connectivity index (χ2v) is 10.00. The highest BCUT2D eigenvalue weighted by Crippen LogP contribution is 2.30. The van der Waals surface area contributed by atoms with Crippen LogP contribution in [0.1, 0.15) is 41.9 Å². The molecule has 10 nitrogen and oxygen atoms in total. The third kappa shape index (κ3) is 8.29. The van der Waals surface area contributed by atoms with Gasteiger partial charge in [0.15, 0.2) is 17.2 Å². The van der Waals surface area contributed by atoms with Crippen LogP contribution < -0.4 is 14.8 Å². The molecule has 1 saturated heterocycles. The molecule has 42 heavy (non-hydrogen) atoms. The molecule has 1 aliphatic heterocycles. The first kappa shape index (κ1) is 30.5. The van der Waals surface area contributed by atoms with Crippen LogP contribution in [-0.2, 0) is 36.6 Å². The number of pyridine rings is 1. The molecule has 0 aliphatic carbocycles. The fourth-order valence-electron chi connectivity index (χ4n) is 4.90. The van der Waals surface area contributed by atoms with Gasteiger partial charge in [0.1, 0.15) is 12.1 Å². The minimum atomic E-state index is -0.998. The topological polar surface area (TPSA) is 122 Å². The highest BCUT2D eigenvalue weighted by Gasteiger charge is 2.35. The van der Waals surface area contributed by atoms with Gasteiger partial charge in [-0.2, -0.15) is 0 Å². The third-order valence-corrected chi connectivity index (χ3v) is 7.07. The fraction of sp³-hybridized carbons (Fsp3) is 0.375. The van der Waals surface area contributed by atoms with E-state index in [-0.39, 0.29) is 42.2 Å². The van der Waals surface area contributed by atoms with Gasteiger partial charge in [-0.3, -0.25) is 9.59 Å². The van der Waals surface area contributed by atoms with Crippen LogP contribution in [0.2, 0.25) is 0 Å². The lowest BCUT2D eigenvalue weighted by molar-refractivity contribution is -0.154. The highest BCUT2D eigenvalue weighted by molar-refractivity contribution is 5.98. The Balaban J connectivity index is 1.54. The van der Waals surface area contributed by atoms with E-state index < -0.39 is 36.8 Å². The molecule has 10 heteroatoms. The van der Waals surface area contributed by atoms with Gasteiger partial charge in [0, 0.05) is 38.1 Å². The second kappa shape index (κ2) is 15.0. The van der Waals surface area contributed by atoms with Crippen molar-refractivity contribution in [2.45, 2.75) is 51.4 Å². The fourth-order valence-corrected chi connectivity index (χ4v) is 4.90. The molecule has 4 rings (SSSR count). The van der Waals surface area contributed by atoms with Gasteiger partial charge in [0.05, 0.1) is 13.2 Å². The molecule has 1 N–H and O–H groups in total. The minimum Gasteiger partial charge on any atom is -0.493 e. The lowest BCUT2D eigenvalue weighted by atomic mass is 9.86. The van der Waals surface area contributed by atoms with E-state index >= 15 is 0 Å². The number of hydrogen-bond donors (Lipinski definition) is 1. The number of esters is 2. The van der Waals surface area contributed by atoms with Gasteiger partial charge in [-0.1, -0.05) is 60.7 Å². The standard InChI is InChI=1S/C32H36N2O8/c1-21-25(18-23-10-6-4-7-11-23)28(19-24-12-8-5-9-13-24)39-17-15-26(32(37)42-21)34-31(36)29-30(41-20-40-22(2)35)27(38-3)14-16-33-29/h4-14,16,21,25-26,28H,15,17-20H2,1-3H3,(H,34,36)/t21-,25-,26-,28+/m0/s1. The average molecular weight is 577 g/mol. The Morgan fingerprint density at radius 2 is 1.67 bits per heavy atom. The van der Waals surface area contributed by atoms with E-state index in [4.69, 9.17) is 23.7 Å². The lowest BCUT2D eigenvalue weighted by Gasteiger charge is -2.31. The maximum absolute atomic E-state index is 13.4. The summed E-state index contributed by atoms with van der Waals surface area (Å²) in [7, 11) is 1.40. The number of aromatic nitrogens is 1. The van der Waals surface area contributed by atoms with Crippen molar-refractivity contribution in [2.24, 2.45) is 5.92 Å². The summed E-state index contributed by atoms with van der Waals surface area (Å²) in [5.41, 5.74) is 2.10. The number of carbonyl (C=O) groups excluding carboxylic acids is 3. The van der Waals surface area contributed by atoms with Crippen molar-refractivity contribution in [1.82, 2.24) is 10.3 Å². The summed E-state index contributed by atoms with van der Waals surface area (Å²) in [6.07, 6.45) is 2.14. The maximum Gasteiger partial charge on any atom is 0.329 e. The first-order valence-electron chi connectivity index (χ1n) is 13.9. The molecule has 2 heterocycles. The molecule has 4 atom stereocenters. The van der Waals surface area contributed by atoms with Crippen LogP contribution in [-0.4, -0.2) is 61.6 Å². The smallest absolute Gasteiger partial charge is 0.329 e. The molecule has 3 aromatic rings. The van der Waals surface area contributed by atoms with Crippen LogP contribution in [0.15, 0.2) is 72.9 Å². The molecular formula is C32H36N2O8. The molecule has 0 saturated carbocycles. The largest absolute Gasteiger partial charge is 0.493 e. The molecule has 0 spiro atoms. The van der Waals surface area contributed by atoms with Crippen molar-refractivity contribution in [3.63, 3.8) is 0 Å². The number of cyclic esters (lactones) is 1. The summed E-state index contributed by atoms with van der Waals surface area (Å²) >= 11 is 0. The van der Waals surface area contributed by atoms with Crippen molar-refractivity contribution in [2.75, 3.05) is 20.5 Å². The summed E-state index contributed by atoms with van der Waals surface area (Å²) in [4.78, 5) is 42.1. The van der Waals surface area contributed by atoms with Crippen molar-refractivity contribution < 1.29 is 38.1 Å². The molecule has 1 amide bonds. The molecule has 2 aromatic carbocycles. The van der Waals surface area contributed by atoms with Crippen LogP contribution in [0.4, 0.5) is 0 Å². The summed E-state index contributed by atoms with van der Waals surface area (Å²) < 4.78 is 28.0. The SMILES string of the molecule is COc1ccnc(C(=O)N[C@H]2CCO[C@H](Cc3ccccc3)[C@@H](Cc3ccccc3)[C@H](C)OC2=O)c1OCOC(C)=O. The highest BCUT2D eigenvalue weighted by atomic mass is 16.7. The van der Waals surface area contributed by atoms with Crippen molar-refractivity contribution in [3.8, 4) is 11.5 Å². The van der Waals surface area contributed by atoms with Gasteiger partial charge in [-0.25, -0.2) is 9.78 Å². The Morgan fingerprint density at radius 3 is 2.31 bits per heavy atom. The van der Waals surface area contributed by atoms with Crippen molar-refractivity contribution in [1.29, 1.82) is 0 Å². The number of amides is 1. The molecule has 1 aliphatic rings. The summed E-state index contributed by atoms with van der Waals surface area (Å²) in [5.74, 6) is -1.74. The lowest BCUT2D eigenvalue weighted by Crippen LogP contribution is -2.44. The van der Waals surface area contributed by atoms with Crippen LogP contribution in [0.5, 0.6) is 11.5 Å². The summed E-state index contributed by atoms with van der Waals surface area (Å²) in [6, 6.07) is 20.6. The Morgan fingerprint density at radius 1 is 1.00 bits per heavy atom. The van der Waals surface area contributed by atoms with Gasteiger partial charge in [0.25, 0.3) is 5.91 Å². The number of hydrogen-bond acceptors (Lipinski definition) is 9. The molecule has 222 valence electrons. The molecule has 0 unspecified atom stereocenters. The first-order valence-corrected chi connectivity index (χ1v) is 13.9.